The van der Waals surface area contributed by atoms with Crippen molar-refractivity contribution in [2.24, 2.45) is 0 Å². The lowest BCUT2D eigenvalue weighted by atomic mass is 9.95. The molecular formula is C38H33N3OS. The Bertz CT molecular complexity index is 1830. The smallest absolute Gasteiger partial charge is 0.263 e. The van der Waals surface area contributed by atoms with Crippen LogP contribution in [-0.4, -0.2) is 26.3 Å². The van der Waals surface area contributed by atoms with E-state index in [9.17, 15) is 4.79 Å². The zero-order valence-electron chi connectivity index (χ0n) is 24.5. The van der Waals surface area contributed by atoms with Gasteiger partial charge >= 0.3 is 0 Å². The van der Waals surface area contributed by atoms with Crippen molar-refractivity contribution < 1.29 is 4.79 Å². The van der Waals surface area contributed by atoms with Crippen LogP contribution in [0.3, 0.4) is 0 Å². The molecule has 0 unspecified atom stereocenters. The van der Waals surface area contributed by atoms with Crippen molar-refractivity contribution in [1.29, 1.82) is 0 Å². The Morgan fingerprint density at radius 1 is 0.535 bits per heavy atom. The molecule has 4 nitrogen and oxygen atoms in total. The molecule has 5 heteroatoms. The van der Waals surface area contributed by atoms with Crippen molar-refractivity contribution in [3.8, 4) is 11.1 Å². The Morgan fingerprint density at radius 3 is 1.67 bits per heavy atom. The first kappa shape index (κ1) is 28.1. The van der Waals surface area contributed by atoms with E-state index in [2.05, 4.69) is 113 Å². The van der Waals surface area contributed by atoms with Crippen molar-refractivity contribution in [2.75, 3.05) is 35.1 Å². The quantitative estimate of drug-likeness (QED) is 0.199. The summed E-state index contributed by atoms with van der Waals surface area (Å²) in [6.45, 7) is 0. The Balaban J connectivity index is 0.00000161. The van der Waals surface area contributed by atoms with Gasteiger partial charge in [-0.1, -0.05) is 66.7 Å². The first-order valence-electron chi connectivity index (χ1n) is 14.2. The third-order valence-corrected chi connectivity index (χ3v) is 7.78. The molecule has 0 saturated heterocycles. The van der Waals surface area contributed by atoms with Crippen molar-refractivity contribution in [2.45, 2.75) is 0 Å². The number of nitrogens with zero attached hydrogens (tertiary/aromatic N) is 3. The number of amides is 1. The molecule has 0 atom stereocenters. The van der Waals surface area contributed by atoms with E-state index >= 15 is 0 Å². The molecule has 0 aromatic heterocycles. The van der Waals surface area contributed by atoms with Gasteiger partial charge in [0.05, 0.1) is 11.3 Å². The zero-order valence-corrected chi connectivity index (χ0v) is 25.4. The van der Waals surface area contributed by atoms with Crippen LogP contribution in [0.25, 0.3) is 21.9 Å². The summed E-state index contributed by atoms with van der Waals surface area (Å²) in [5.41, 5.74) is 9.16. The van der Waals surface area contributed by atoms with Gasteiger partial charge in [0.15, 0.2) is 0 Å². The Hall–Kier alpha value is -5.00. The highest BCUT2D eigenvalue weighted by molar-refractivity contribution is 7.79. The fourth-order valence-corrected chi connectivity index (χ4v) is 5.78. The predicted molar refractivity (Wildman–Crippen MR) is 186 cm³/mol. The molecule has 7 rings (SSSR count). The molecule has 0 bridgehead atoms. The molecule has 0 N–H and O–H groups in total. The minimum atomic E-state index is 0.0112. The number of benzene rings is 6. The van der Waals surface area contributed by atoms with E-state index in [0.717, 1.165) is 61.6 Å². The number of carbonyl (C=O) groups is 1. The van der Waals surface area contributed by atoms with Crippen molar-refractivity contribution in [1.82, 2.24) is 0 Å². The van der Waals surface area contributed by atoms with Crippen LogP contribution in [0.15, 0.2) is 140 Å². The standard InChI is InChI=1S/C37H29N3O.CH4S/c1-38(2)27-20-22-31(23-21-27)40-35-25-24-32(33-14-9-15-34(36(33)35)37(40)41)26-16-18-30(19-17-26)39(28-10-5-3-6-11-28)29-12-7-4-8-13-29;1-2/h3-25H,1-2H3;2H,1H3. The van der Waals surface area contributed by atoms with E-state index in [0.29, 0.717) is 0 Å². The molecule has 0 spiro atoms. The summed E-state index contributed by atoms with van der Waals surface area (Å²) >= 11 is 3.53. The van der Waals surface area contributed by atoms with Crippen LogP contribution in [0.4, 0.5) is 34.1 Å². The second kappa shape index (κ2) is 12.1. The summed E-state index contributed by atoms with van der Waals surface area (Å²) < 4.78 is 0. The van der Waals surface area contributed by atoms with Gasteiger partial charge in [-0.15, -0.1) is 0 Å². The molecule has 6 aromatic carbocycles. The molecule has 6 aromatic rings. The molecule has 212 valence electrons. The molecule has 1 aliphatic heterocycles. The van der Waals surface area contributed by atoms with Gasteiger partial charge in [-0.3, -0.25) is 9.69 Å². The number of thiol groups is 1. The Labute approximate surface area is 258 Å². The van der Waals surface area contributed by atoms with Crippen LogP contribution in [-0.2, 0) is 0 Å². The van der Waals surface area contributed by atoms with Crippen LogP contribution in [0.5, 0.6) is 0 Å². The molecule has 0 radical (unpaired) electrons. The van der Waals surface area contributed by atoms with E-state index < -0.39 is 0 Å². The lowest BCUT2D eigenvalue weighted by Gasteiger charge is -2.25. The number of para-hydroxylation sites is 2. The SMILES string of the molecule is CN(C)c1ccc(N2C(=O)c3cccc4c(-c5ccc(N(c6ccccc6)c6ccccc6)cc5)ccc2c34)cc1.CS. The van der Waals surface area contributed by atoms with Crippen LogP contribution in [0.2, 0.25) is 0 Å². The highest BCUT2D eigenvalue weighted by atomic mass is 32.1. The Morgan fingerprint density at radius 2 is 1.09 bits per heavy atom. The number of anilines is 6. The number of hydrogen-bond acceptors (Lipinski definition) is 4. The van der Waals surface area contributed by atoms with Crippen LogP contribution >= 0.6 is 12.6 Å². The topological polar surface area (TPSA) is 26.8 Å². The third-order valence-electron chi connectivity index (χ3n) is 7.78. The summed E-state index contributed by atoms with van der Waals surface area (Å²) in [7, 11) is 4.03. The van der Waals surface area contributed by atoms with Crippen molar-refractivity contribution in [3.63, 3.8) is 0 Å². The average Bonchev–Trinajstić information content (AvgIpc) is 3.36. The maximum absolute atomic E-state index is 13.6. The minimum absolute atomic E-state index is 0.0112. The fraction of sp³-hybridized carbons (Fsp3) is 0.0789. The number of hydrogen-bond donors (Lipinski definition) is 1. The Kier molecular flexibility index (Phi) is 7.91. The van der Waals surface area contributed by atoms with Crippen molar-refractivity contribution in [3.05, 3.63) is 145 Å². The molecule has 0 fully saturated rings. The van der Waals surface area contributed by atoms with Gasteiger partial charge in [-0.25, -0.2) is 0 Å². The van der Waals surface area contributed by atoms with Gasteiger partial charge in [0.25, 0.3) is 5.91 Å². The monoisotopic (exact) mass is 579 g/mol. The maximum atomic E-state index is 13.6. The lowest BCUT2D eigenvalue weighted by molar-refractivity contribution is 0.100. The fourth-order valence-electron chi connectivity index (χ4n) is 5.78. The summed E-state index contributed by atoms with van der Waals surface area (Å²) in [5, 5.41) is 2.09. The molecular weight excluding hydrogens is 547 g/mol. The molecule has 1 amide bonds. The van der Waals surface area contributed by atoms with E-state index in [1.807, 2.05) is 67.5 Å². The second-order valence-electron chi connectivity index (χ2n) is 10.5. The maximum Gasteiger partial charge on any atom is 0.263 e. The van der Waals surface area contributed by atoms with Crippen molar-refractivity contribution >= 4 is 63.4 Å². The van der Waals surface area contributed by atoms with Gasteiger partial charge in [0.1, 0.15) is 0 Å². The summed E-state index contributed by atoms with van der Waals surface area (Å²) in [5.74, 6) is 0.0112. The lowest BCUT2D eigenvalue weighted by Crippen LogP contribution is -2.20. The van der Waals surface area contributed by atoms with Gasteiger partial charge in [-0.05, 0) is 95.6 Å². The summed E-state index contributed by atoms with van der Waals surface area (Å²) in [6, 6.07) is 47.9. The zero-order chi connectivity index (χ0) is 29.9. The first-order chi connectivity index (χ1) is 21.1. The van der Waals surface area contributed by atoms with E-state index in [1.54, 1.807) is 6.26 Å². The minimum Gasteiger partial charge on any atom is -0.378 e. The van der Waals surface area contributed by atoms with Gasteiger partial charge < -0.3 is 9.80 Å². The summed E-state index contributed by atoms with van der Waals surface area (Å²) in [4.78, 5) is 19.8. The largest absolute Gasteiger partial charge is 0.378 e. The highest BCUT2D eigenvalue weighted by Crippen LogP contribution is 2.45. The van der Waals surface area contributed by atoms with E-state index in [1.165, 1.54) is 0 Å². The second-order valence-corrected chi connectivity index (χ2v) is 10.5. The normalized spacial score (nSPS) is 11.7. The van der Waals surface area contributed by atoms with Crippen LogP contribution in [0.1, 0.15) is 10.4 Å². The summed E-state index contributed by atoms with van der Waals surface area (Å²) in [6.07, 6.45) is 1.69. The number of rotatable bonds is 6. The molecule has 0 aliphatic carbocycles. The molecule has 1 heterocycles. The highest BCUT2D eigenvalue weighted by Gasteiger charge is 2.31. The van der Waals surface area contributed by atoms with Gasteiger partial charge in [0.2, 0.25) is 0 Å². The third kappa shape index (κ3) is 5.13. The van der Waals surface area contributed by atoms with E-state index in [-0.39, 0.29) is 5.91 Å². The van der Waals surface area contributed by atoms with Gasteiger partial charge in [-0.2, -0.15) is 12.6 Å². The van der Waals surface area contributed by atoms with Gasteiger partial charge in [0, 0.05) is 47.9 Å². The van der Waals surface area contributed by atoms with E-state index in [4.69, 9.17) is 0 Å². The molecule has 1 aliphatic rings. The predicted octanol–water partition coefficient (Wildman–Crippen LogP) is 9.88. The molecule has 43 heavy (non-hydrogen) atoms. The first-order valence-corrected chi connectivity index (χ1v) is 15.1. The average molecular weight is 580 g/mol. The number of carbonyl (C=O) groups excluding carboxylic acids is 1. The molecule has 0 saturated carbocycles. The van der Waals surface area contributed by atoms with Crippen LogP contribution < -0.4 is 14.7 Å². The van der Waals surface area contributed by atoms with Crippen LogP contribution in [0, 0.1) is 0 Å².